The highest BCUT2D eigenvalue weighted by Gasteiger charge is 2.28. The van der Waals surface area contributed by atoms with E-state index in [-0.39, 0.29) is 12.0 Å². The Kier molecular flexibility index (Phi) is 4.38. The first kappa shape index (κ1) is 16.1. The first-order valence-electron chi connectivity index (χ1n) is 8.29. The summed E-state index contributed by atoms with van der Waals surface area (Å²) in [4.78, 5) is 20.1. The molecule has 0 spiro atoms. The normalized spacial score (nSPS) is 17.6. The lowest BCUT2D eigenvalue weighted by Gasteiger charge is -2.33. The summed E-state index contributed by atoms with van der Waals surface area (Å²) in [7, 11) is 0. The van der Waals surface area contributed by atoms with Crippen molar-refractivity contribution in [2.75, 3.05) is 19.7 Å². The number of morpholine rings is 1. The van der Waals surface area contributed by atoms with Crippen LogP contribution in [0.25, 0.3) is 5.13 Å². The van der Waals surface area contributed by atoms with Gasteiger partial charge in [0.15, 0.2) is 5.13 Å². The summed E-state index contributed by atoms with van der Waals surface area (Å²) in [5, 5.41) is 0.818. The molecule has 2 aromatic heterocycles. The van der Waals surface area contributed by atoms with Crippen molar-refractivity contribution in [3.8, 4) is 5.13 Å². The summed E-state index contributed by atoms with van der Waals surface area (Å²) >= 11 is 1.44. The Morgan fingerprint density at radius 3 is 2.72 bits per heavy atom. The number of hydrogen-bond donors (Lipinski definition) is 0. The van der Waals surface area contributed by atoms with Crippen molar-refractivity contribution < 1.29 is 9.53 Å². The molecule has 0 aliphatic carbocycles. The number of carbonyl (C=O) groups is 1. The van der Waals surface area contributed by atoms with Crippen LogP contribution in [0.4, 0.5) is 0 Å². The van der Waals surface area contributed by atoms with Crippen LogP contribution in [0.15, 0.2) is 54.9 Å². The Hall–Kier alpha value is -2.44. The molecular weight excluding hydrogens is 334 g/mol. The van der Waals surface area contributed by atoms with Gasteiger partial charge in [-0.15, -0.1) is 0 Å². The average molecular weight is 353 g/mol. The van der Waals surface area contributed by atoms with Gasteiger partial charge in [-0.1, -0.05) is 41.7 Å². The second kappa shape index (κ2) is 6.82. The van der Waals surface area contributed by atoms with Gasteiger partial charge in [-0.2, -0.15) is 0 Å². The SMILES string of the molecule is Cc1nc(-n2cccc2)sc1C(=O)N1CCO[C@@H](c2ccccc2)C1. The third-order valence-corrected chi connectivity index (χ3v) is 5.49. The average Bonchev–Trinajstić information content (AvgIpc) is 3.31. The number of aryl methyl sites for hydroxylation is 1. The van der Waals surface area contributed by atoms with Crippen molar-refractivity contribution >= 4 is 17.2 Å². The molecule has 0 unspecified atom stereocenters. The van der Waals surface area contributed by atoms with Gasteiger partial charge in [-0.3, -0.25) is 4.79 Å². The first-order chi connectivity index (χ1) is 12.2. The summed E-state index contributed by atoms with van der Waals surface area (Å²) in [5.74, 6) is 0.0395. The van der Waals surface area contributed by atoms with E-state index in [1.807, 2.05) is 71.2 Å². The number of thiazole rings is 1. The zero-order chi connectivity index (χ0) is 17.2. The van der Waals surface area contributed by atoms with Crippen molar-refractivity contribution in [3.63, 3.8) is 0 Å². The molecule has 1 fully saturated rings. The molecule has 1 aliphatic rings. The van der Waals surface area contributed by atoms with E-state index in [4.69, 9.17) is 4.74 Å². The summed E-state index contributed by atoms with van der Waals surface area (Å²) in [5.41, 5.74) is 1.88. The Bertz CT molecular complexity index is 858. The van der Waals surface area contributed by atoms with Crippen LogP contribution in [0.2, 0.25) is 0 Å². The van der Waals surface area contributed by atoms with Gasteiger partial charge in [0, 0.05) is 18.9 Å². The van der Waals surface area contributed by atoms with E-state index in [0.717, 1.165) is 16.4 Å². The quantitative estimate of drug-likeness (QED) is 0.724. The van der Waals surface area contributed by atoms with E-state index < -0.39 is 0 Å². The van der Waals surface area contributed by atoms with Gasteiger partial charge in [-0.25, -0.2) is 4.98 Å². The number of nitrogens with zero attached hydrogens (tertiary/aromatic N) is 3. The van der Waals surface area contributed by atoms with Crippen molar-refractivity contribution in [2.24, 2.45) is 0 Å². The molecule has 4 rings (SSSR count). The van der Waals surface area contributed by atoms with Crippen LogP contribution in [0.3, 0.4) is 0 Å². The first-order valence-corrected chi connectivity index (χ1v) is 9.10. The number of rotatable bonds is 3. The molecular formula is C19H19N3O2S. The number of carbonyl (C=O) groups excluding carboxylic acids is 1. The fourth-order valence-electron chi connectivity index (χ4n) is 3.00. The standard InChI is InChI=1S/C19H19N3O2S/c1-14-17(25-19(20-14)21-9-5-6-10-21)18(23)22-11-12-24-16(13-22)15-7-3-2-4-8-15/h2-10,16H,11-13H2,1H3/t16-/m1/s1. The molecule has 25 heavy (non-hydrogen) atoms. The smallest absolute Gasteiger partial charge is 0.266 e. The number of aromatic nitrogens is 2. The van der Waals surface area contributed by atoms with Crippen molar-refractivity contribution in [1.82, 2.24) is 14.5 Å². The van der Waals surface area contributed by atoms with Crippen LogP contribution in [-0.4, -0.2) is 40.1 Å². The molecule has 0 bridgehead atoms. The molecule has 128 valence electrons. The van der Waals surface area contributed by atoms with Gasteiger partial charge >= 0.3 is 0 Å². The van der Waals surface area contributed by atoms with Crippen LogP contribution >= 0.6 is 11.3 Å². The van der Waals surface area contributed by atoms with Gasteiger partial charge in [0.25, 0.3) is 5.91 Å². The minimum atomic E-state index is -0.0731. The molecule has 3 heterocycles. The molecule has 1 aliphatic heterocycles. The van der Waals surface area contributed by atoms with Gasteiger partial charge in [0.1, 0.15) is 11.0 Å². The third-order valence-electron chi connectivity index (χ3n) is 4.33. The number of ether oxygens (including phenoxy) is 1. The molecule has 1 atom stereocenters. The van der Waals surface area contributed by atoms with E-state index >= 15 is 0 Å². The Labute approximate surface area is 150 Å². The fourth-order valence-corrected chi connectivity index (χ4v) is 4.00. The minimum absolute atomic E-state index is 0.0395. The maximum Gasteiger partial charge on any atom is 0.266 e. The molecule has 6 heteroatoms. The number of amides is 1. The lowest BCUT2D eigenvalue weighted by atomic mass is 10.1. The van der Waals surface area contributed by atoms with E-state index in [2.05, 4.69) is 4.98 Å². The van der Waals surface area contributed by atoms with Gasteiger partial charge < -0.3 is 14.2 Å². The lowest BCUT2D eigenvalue weighted by molar-refractivity contribution is -0.0226. The highest BCUT2D eigenvalue weighted by Crippen LogP contribution is 2.27. The van der Waals surface area contributed by atoms with Gasteiger partial charge in [0.05, 0.1) is 18.8 Å². The summed E-state index contributed by atoms with van der Waals surface area (Å²) in [6.45, 7) is 3.62. The molecule has 0 saturated carbocycles. The van der Waals surface area contributed by atoms with E-state index in [9.17, 15) is 4.79 Å². The van der Waals surface area contributed by atoms with Crippen molar-refractivity contribution in [1.29, 1.82) is 0 Å². The topological polar surface area (TPSA) is 47.4 Å². The highest BCUT2D eigenvalue weighted by atomic mass is 32.1. The molecule has 0 radical (unpaired) electrons. The second-order valence-electron chi connectivity index (χ2n) is 6.02. The Balaban J connectivity index is 1.54. The van der Waals surface area contributed by atoms with Crippen molar-refractivity contribution in [3.05, 3.63) is 71.0 Å². The lowest BCUT2D eigenvalue weighted by Crippen LogP contribution is -2.42. The van der Waals surface area contributed by atoms with Gasteiger partial charge in [-0.05, 0) is 24.6 Å². The molecule has 1 saturated heterocycles. The van der Waals surface area contributed by atoms with Crippen LogP contribution < -0.4 is 0 Å². The predicted octanol–water partition coefficient (Wildman–Crippen LogP) is 3.46. The summed E-state index contributed by atoms with van der Waals surface area (Å²) in [6.07, 6.45) is 3.80. The zero-order valence-corrected chi connectivity index (χ0v) is 14.8. The van der Waals surface area contributed by atoms with Crippen LogP contribution in [-0.2, 0) is 4.74 Å². The third kappa shape index (κ3) is 3.23. The predicted molar refractivity (Wildman–Crippen MR) is 97.2 cm³/mol. The Morgan fingerprint density at radius 2 is 1.96 bits per heavy atom. The summed E-state index contributed by atoms with van der Waals surface area (Å²) < 4.78 is 7.80. The molecule has 1 amide bonds. The molecule has 5 nitrogen and oxygen atoms in total. The van der Waals surface area contributed by atoms with Gasteiger partial charge in [0.2, 0.25) is 0 Å². The molecule has 1 aromatic carbocycles. The summed E-state index contributed by atoms with van der Waals surface area (Å²) in [6, 6.07) is 14.0. The maximum atomic E-state index is 13.0. The van der Waals surface area contributed by atoms with E-state index in [0.29, 0.717) is 24.6 Å². The molecule has 0 N–H and O–H groups in total. The minimum Gasteiger partial charge on any atom is -0.370 e. The van der Waals surface area contributed by atoms with Crippen LogP contribution in [0.1, 0.15) is 27.0 Å². The zero-order valence-electron chi connectivity index (χ0n) is 14.0. The number of benzene rings is 1. The van der Waals surface area contributed by atoms with Crippen LogP contribution in [0.5, 0.6) is 0 Å². The Morgan fingerprint density at radius 1 is 1.20 bits per heavy atom. The van der Waals surface area contributed by atoms with E-state index in [1.54, 1.807) is 0 Å². The second-order valence-corrected chi connectivity index (χ2v) is 7.00. The number of hydrogen-bond acceptors (Lipinski definition) is 4. The fraction of sp³-hybridized carbons (Fsp3) is 0.263. The highest BCUT2D eigenvalue weighted by molar-refractivity contribution is 7.16. The largest absolute Gasteiger partial charge is 0.370 e. The monoisotopic (exact) mass is 353 g/mol. The van der Waals surface area contributed by atoms with Crippen LogP contribution in [0, 0.1) is 6.92 Å². The van der Waals surface area contributed by atoms with Crippen molar-refractivity contribution in [2.45, 2.75) is 13.0 Å². The molecule has 3 aromatic rings. The van der Waals surface area contributed by atoms with E-state index in [1.165, 1.54) is 11.3 Å². The maximum absolute atomic E-state index is 13.0.